The minimum absolute atomic E-state index is 0.508. The first-order valence-corrected chi connectivity index (χ1v) is 7.72. The molecule has 0 aliphatic carbocycles. The zero-order valence-corrected chi connectivity index (χ0v) is 12.9. The van der Waals surface area contributed by atoms with Crippen molar-refractivity contribution in [1.82, 2.24) is 5.32 Å². The summed E-state index contributed by atoms with van der Waals surface area (Å²) in [5.41, 5.74) is 1.34. The lowest BCUT2D eigenvalue weighted by molar-refractivity contribution is 0.537. The molecule has 0 radical (unpaired) electrons. The quantitative estimate of drug-likeness (QED) is 0.816. The predicted octanol–water partition coefficient (Wildman–Crippen LogP) is 4.05. The van der Waals surface area contributed by atoms with Crippen molar-refractivity contribution in [1.29, 1.82) is 0 Å². The van der Waals surface area contributed by atoms with Crippen molar-refractivity contribution in [3.8, 4) is 0 Å². The zero-order chi connectivity index (χ0) is 14.4. The second-order valence-corrected chi connectivity index (χ2v) is 5.39. The Morgan fingerprint density at radius 1 is 1.05 bits per heavy atom. The van der Waals surface area contributed by atoms with E-state index in [4.69, 9.17) is 0 Å². The van der Waals surface area contributed by atoms with Crippen LogP contribution in [0.2, 0.25) is 0 Å². The highest BCUT2D eigenvalue weighted by Crippen LogP contribution is 2.26. The van der Waals surface area contributed by atoms with E-state index in [0.29, 0.717) is 6.04 Å². The molecule has 0 aliphatic rings. The van der Waals surface area contributed by atoms with Gasteiger partial charge in [-0.2, -0.15) is 0 Å². The van der Waals surface area contributed by atoms with Crippen LogP contribution in [0.1, 0.15) is 27.2 Å². The van der Waals surface area contributed by atoms with E-state index in [-0.39, 0.29) is 0 Å². The van der Waals surface area contributed by atoms with Crippen molar-refractivity contribution in [2.24, 2.45) is 0 Å². The fourth-order valence-corrected chi connectivity index (χ4v) is 2.67. The van der Waals surface area contributed by atoms with Crippen LogP contribution in [0, 0.1) is 0 Å². The first-order valence-electron chi connectivity index (χ1n) is 7.72. The van der Waals surface area contributed by atoms with Crippen molar-refractivity contribution in [2.45, 2.75) is 33.2 Å². The van der Waals surface area contributed by atoms with Crippen LogP contribution in [0.25, 0.3) is 10.8 Å². The predicted molar refractivity (Wildman–Crippen MR) is 89.6 cm³/mol. The van der Waals surface area contributed by atoms with Gasteiger partial charge in [-0.25, -0.2) is 0 Å². The molecule has 0 aromatic heterocycles. The van der Waals surface area contributed by atoms with Crippen LogP contribution in [0.15, 0.2) is 42.5 Å². The molecule has 2 heteroatoms. The van der Waals surface area contributed by atoms with E-state index in [1.807, 2.05) is 0 Å². The van der Waals surface area contributed by atoms with Crippen LogP contribution in [0.5, 0.6) is 0 Å². The lowest BCUT2D eigenvalue weighted by Gasteiger charge is -2.28. The second kappa shape index (κ2) is 7.30. The number of benzene rings is 2. The van der Waals surface area contributed by atoms with Gasteiger partial charge in [-0.15, -0.1) is 0 Å². The summed E-state index contributed by atoms with van der Waals surface area (Å²) in [7, 11) is 0. The van der Waals surface area contributed by atoms with Crippen molar-refractivity contribution in [3.05, 3.63) is 42.5 Å². The summed E-state index contributed by atoms with van der Waals surface area (Å²) in [5, 5.41) is 6.24. The minimum Gasteiger partial charge on any atom is -0.370 e. The molecule has 2 aromatic rings. The summed E-state index contributed by atoms with van der Waals surface area (Å²) in [6.07, 6.45) is 1.19. The van der Waals surface area contributed by atoms with Gasteiger partial charge in [-0.3, -0.25) is 0 Å². The number of likely N-dealkylation sites (N-methyl/N-ethyl adjacent to an activating group) is 1. The maximum absolute atomic E-state index is 3.57. The second-order valence-electron chi connectivity index (χ2n) is 5.39. The van der Waals surface area contributed by atoms with E-state index in [0.717, 1.165) is 19.6 Å². The van der Waals surface area contributed by atoms with Crippen molar-refractivity contribution < 1.29 is 0 Å². The maximum Gasteiger partial charge on any atom is 0.0446 e. The summed E-state index contributed by atoms with van der Waals surface area (Å²) in [6, 6.07) is 15.7. The molecule has 0 amide bonds. The molecule has 2 nitrogen and oxygen atoms in total. The molecular formula is C18H26N2. The van der Waals surface area contributed by atoms with E-state index in [9.17, 15) is 0 Å². The molecule has 2 aromatic carbocycles. The highest BCUT2D eigenvalue weighted by molar-refractivity contribution is 5.94. The Bertz CT molecular complexity index is 530. The van der Waals surface area contributed by atoms with Gasteiger partial charge in [0.1, 0.15) is 0 Å². The average Bonchev–Trinajstić information content (AvgIpc) is 2.50. The molecule has 0 saturated heterocycles. The molecule has 1 unspecified atom stereocenters. The molecule has 1 atom stereocenters. The fraction of sp³-hybridized carbons (Fsp3) is 0.444. The summed E-state index contributed by atoms with van der Waals surface area (Å²) in [4.78, 5) is 2.47. The number of nitrogens with one attached hydrogen (secondary N) is 1. The lowest BCUT2D eigenvalue weighted by Crippen LogP contribution is -2.39. The van der Waals surface area contributed by atoms with E-state index < -0.39 is 0 Å². The number of rotatable bonds is 7. The molecule has 0 spiro atoms. The van der Waals surface area contributed by atoms with Crippen molar-refractivity contribution in [3.63, 3.8) is 0 Å². The molecule has 0 bridgehead atoms. The zero-order valence-electron chi connectivity index (χ0n) is 12.9. The van der Waals surface area contributed by atoms with Crippen LogP contribution in [0.3, 0.4) is 0 Å². The highest BCUT2D eigenvalue weighted by Gasteiger charge is 2.11. The number of hydrogen-bond acceptors (Lipinski definition) is 2. The minimum atomic E-state index is 0.508. The monoisotopic (exact) mass is 270 g/mol. The molecule has 1 N–H and O–H groups in total. The van der Waals surface area contributed by atoms with Gasteiger partial charge in [0.15, 0.2) is 0 Å². The van der Waals surface area contributed by atoms with Gasteiger partial charge in [-0.05, 0) is 38.3 Å². The van der Waals surface area contributed by atoms with Gasteiger partial charge in [0, 0.05) is 30.2 Å². The third-order valence-electron chi connectivity index (χ3n) is 3.73. The summed E-state index contributed by atoms with van der Waals surface area (Å²) < 4.78 is 0. The van der Waals surface area contributed by atoms with E-state index in [1.165, 1.54) is 22.9 Å². The fourth-order valence-electron chi connectivity index (χ4n) is 2.67. The molecule has 0 aliphatic heterocycles. The third-order valence-corrected chi connectivity index (χ3v) is 3.73. The molecular weight excluding hydrogens is 244 g/mol. The Morgan fingerprint density at radius 3 is 2.55 bits per heavy atom. The maximum atomic E-state index is 3.57. The topological polar surface area (TPSA) is 15.3 Å². The Labute approximate surface area is 122 Å². The third kappa shape index (κ3) is 3.51. The highest BCUT2D eigenvalue weighted by atomic mass is 15.1. The van der Waals surface area contributed by atoms with Crippen LogP contribution in [-0.4, -0.2) is 25.7 Å². The Balaban J connectivity index is 2.21. The first-order chi connectivity index (χ1) is 9.76. The van der Waals surface area contributed by atoms with Gasteiger partial charge < -0.3 is 10.2 Å². The molecule has 0 saturated carbocycles. The van der Waals surface area contributed by atoms with Gasteiger partial charge in [0.25, 0.3) is 0 Å². The number of nitrogens with zero attached hydrogens (tertiary/aromatic N) is 1. The van der Waals surface area contributed by atoms with Crippen molar-refractivity contribution in [2.75, 3.05) is 24.5 Å². The van der Waals surface area contributed by atoms with Gasteiger partial charge in [0.2, 0.25) is 0 Å². The largest absolute Gasteiger partial charge is 0.370 e. The van der Waals surface area contributed by atoms with E-state index in [1.54, 1.807) is 0 Å². The normalized spacial score (nSPS) is 12.6. The first kappa shape index (κ1) is 14.9. The summed E-state index contributed by atoms with van der Waals surface area (Å²) in [6.45, 7) is 9.88. The molecule has 20 heavy (non-hydrogen) atoms. The standard InChI is InChI=1S/C18H26N2/c1-4-13-19-15(3)14-20(5-2)18-12-8-10-16-9-6-7-11-17(16)18/h6-12,15,19H,4-5,13-14H2,1-3H3. The Kier molecular flexibility index (Phi) is 5.42. The van der Waals surface area contributed by atoms with Crippen LogP contribution in [0.4, 0.5) is 5.69 Å². The summed E-state index contributed by atoms with van der Waals surface area (Å²) in [5.74, 6) is 0. The van der Waals surface area contributed by atoms with Crippen LogP contribution < -0.4 is 10.2 Å². The molecule has 0 heterocycles. The van der Waals surface area contributed by atoms with E-state index in [2.05, 4.69) is 73.5 Å². The summed E-state index contributed by atoms with van der Waals surface area (Å²) >= 11 is 0. The number of fused-ring (bicyclic) bond motifs is 1. The molecule has 2 rings (SSSR count). The average molecular weight is 270 g/mol. The lowest BCUT2D eigenvalue weighted by atomic mass is 10.1. The van der Waals surface area contributed by atoms with Gasteiger partial charge >= 0.3 is 0 Å². The Hall–Kier alpha value is -1.54. The van der Waals surface area contributed by atoms with E-state index >= 15 is 0 Å². The van der Waals surface area contributed by atoms with Gasteiger partial charge in [0.05, 0.1) is 0 Å². The van der Waals surface area contributed by atoms with Crippen LogP contribution >= 0.6 is 0 Å². The SMILES string of the molecule is CCCNC(C)CN(CC)c1cccc2ccccc12. The van der Waals surface area contributed by atoms with Gasteiger partial charge in [-0.1, -0.05) is 43.3 Å². The van der Waals surface area contributed by atoms with Crippen LogP contribution in [-0.2, 0) is 0 Å². The van der Waals surface area contributed by atoms with Crippen molar-refractivity contribution >= 4 is 16.5 Å². The Morgan fingerprint density at radius 2 is 1.80 bits per heavy atom. The smallest absolute Gasteiger partial charge is 0.0446 e. The number of anilines is 1. The molecule has 0 fully saturated rings. The molecule has 108 valence electrons. The number of hydrogen-bond donors (Lipinski definition) is 1.